The van der Waals surface area contributed by atoms with Crippen molar-refractivity contribution in [2.75, 3.05) is 13.1 Å². The highest BCUT2D eigenvalue weighted by Crippen LogP contribution is 2.77. The van der Waals surface area contributed by atoms with Gasteiger partial charge in [-0.1, -0.05) is 11.8 Å². The van der Waals surface area contributed by atoms with Crippen molar-refractivity contribution in [1.82, 2.24) is 10.3 Å². The zero-order valence-corrected chi connectivity index (χ0v) is 11.7. The molecule has 1 aromatic rings. The molecule has 3 aliphatic carbocycles. The molecule has 2 heterocycles. The van der Waals surface area contributed by atoms with Gasteiger partial charge in [0.05, 0.1) is 10.6 Å². The van der Waals surface area contributed by atoms with Crippen LogP contribution in [0.2, 0.25) is 0 Å². The van der Waals surface area contributed by atoms with Gasteiger partial charge in [-0.05, 0) is 55.8 Å². The molecule has 1 aliphatic heterocycles. The summed E-state index contributed by atoms with van der Waals surface area (Å²) in [6, 6.07) is 2.64. The summed E-state index contributed by atoms with van der Waals surface area (Å²) in [6.07, 6.45) is 0.270. The number of thioether (sulfide) groups is 1. The van der Waals surface area contributed by atoms with Crippen molar-refractivity contribution in [3.8, 4) is 0 Å². The number of pyridine rings is 1. The van der Waals surface area contributed by atoms with E-state index in [1.54, 1.807) is 11.8 Å². The number of hydrogen-bond acceptors (Lipinski definition) is 3. The lowest BCUT2D eigenvalue weighted by molar-refractivity contribution is -0.138. The van der Waals surface area contributed by atoms with Crippen LogP contribution in [0.15, 0.2) is 23.4 Å². The lowest BCUT2D eigenvalue weighted by atomic mass is 9.38. The average Bonchev–Trinajstić information content (AvgIpc) is 2.21. The molecule has 1 saturated heterocycles. The SMILES string of the molecule is FC(F)(F)c1ccc(SC23CC(C4CNC4)(C2)C3)nc1. The molecule has 2 nitrogen and oxygen atoms in total. The maximum Gasteiger partial charge on any atom is 0.417 e. The predicted molar refractivity (Wildman–Crippen MR) is 70.5 cm³/mol. The van der Waals surface area contributed by atoms with Gasteiger partial charge in [-0.2, -0.15) is 13.2 Å². The van der Waals surface area contributed by atoms with E-state index in [4.69, 9.17) is 0 Å². The van der Waals surface area contributed by atoms with E-state index in [-0.39, 0.29) is 4.75 Å². The van der Waals surface area contributed by atoms with E-state index in [2.05, 4.69) is 10.3 Å². The first-order chi connectivity index (χ1) is 9.41. The molecular formula is C14H15F3N2S. The fraction of sp³-hybridized carbons (Fsp3) is 0.643. The van der Waals surface area contributed by atoms with Crippen molar-refractivity contribution >= 4 is 11.8 Å². The Morgan fingerprint density at radius 3 is 2.35 bits per heavy atom. The molecule has 0 unspecified atom stereocenters. The highest BCUT2D eigenvalue weighted by atomic mass is 32.2. The number of rotatable bonds is 3. The van der Waals surface area contributed by atoms with Crippen molar-refractivity contribution in [2.24, 2.45) is 11.3 Å². The molecule has 6 heteroatoms. The third-order valence-electron chi connectivity index (χ3n) is 5.05. The molecule has 2 bridgehead atoms. The molecule has 5 rings (SSSR count). The van der Waals surface area contributed by atoms with Crippen LogP contribution in [0.3, 0.4) is 0 Å². The van der Waals surface area contributed by atoms with E-state index in [1.165, 1.54) is 25.3 Å². The molecule has 0 radical (unpaired) electrons. The molecule has 1 N–H and O–H groups in total. The van der Waals surface area contributed by atoms with Crippen LogP contribution in [0.1, 0.15) is 24.8 Å². The molecule has 0 amide bonds. The van der Waals surface area contributed by atoms with Gasteiger partial charge >= 0.3 is 6.18 Å². The largest absolute Gasteiger partial charge is 0.417 e. The number of alkyl halides is 3. The van der Waals surface area contributed by atoms with E-state index in [1.807, 2.05) is 0 Å². The summed E-state index contributed by atoms with van der Waals surface area (Å²) < 4.78 is 37.7. The van der Waals surface area contributed by atoms with E-state index in [9.17, 15) is 13.2 Å². The Labute approximate surface area is 119 Å². The fourth-order valence-electron chi connectivity index (χ4n) is 3.86. The lowest BCUT2D eigenvalue weighted by Gasteiger charge is -2.74. The van der Waals surface area contributed by atoms with Gasteiger partial charge in [-0.25, -0.2) is 4.98 Å². The normalized spacial score (nSPS) is 36.0. The summed E-state index contributed by atoms with van der Waals surface area (Å²) in [5, 5.41) is 4.04. The van der Waals surface area contributed by atoms with Crippen molar-refractivity contribution < 1.29 is 13.2 Å². The number of nitrogens with zero attached hydrogens (tertiary/aromatic N) is 1. The lowest BCUT2D eigenvalue weighted by Crippen LogP contribution is -2.72. The maximum absolute atomic E-state index is 12.5. The highest BCUT2D eigenvalue weighted by Gasteiger charge is 2.71. The molecule has 0 atom stereocenters. The molecule has 3 saturated carbocycles. The van der Waals surface area contributed by atoms with Crippen LogP contribution >= 0.6 is 11.8 Å². The Morgan fingerprint density at radius 2 is 1.90 bits per heavy atom. The summed E-state index contributed by atoms with van der Waals surface area (Å²) >= 11 is 1.67. The van der Waals surface area contributed by atoms with Crippen molar-refractivity contribution in [3.63, 3.8) is 0 Å². The molecule has 1 aromatic heterocycles. The van der Waals surface area contributed by atoms with Crippen LogP contribution in [0.25, 0.3) is 0 Å². The van der Waals surface area contributed by atoms with Gasteiger partial charge in [-0.3, -0.25) is 0 Å². The summed E-state index contributed by atoms with van der Waals surface area (Å²) in [5.41, 5.74) is -0.124. The van der Waals surface area contributed by atoms with E-state index < -0.39 is 11.7 Å². The number of aromatic nitrogens is 1. The van der Waals surface area contributed by atoms with Crippen LogP contribution in [0.5, 0.6) is 0 Å². The summed E-state index contributed by atoms with van der Waals surface area (Å²) in [5.74, 6) is 0.825. The van der Waals surface area contributed by atoms with Crippen LogP contribution < -0.4 is 5.32 Å². The second-order valence-corrected chi connectivity index (χ2v) is 7.90. The van der Waals surface area contributed by atoms with Gasteiger partial charge in [0.25, 0.3) is 0 Å². The monoisotopic (exact) mass is 300 g/mol. The summed E-state index contributed by atoms with van der Waals surface area (Å²) in [6.45, 7) is 2.28. The Balaban J connectivity index is 1.39. The van der Waals surface area contributed by atoms with Crippen molar-refractivity contribution in [3.05, 3.63) is 23.9 Å². The predicted octanol–water partition coefficient (Wildman–Crippen LogP) is 3.33. The summed E-state index contributed by atoms with van der Waals surface area (Å²) in [7, 11) is 0. The minimum atomic E-state index is -4.30. The summed E-state index contributed by atoms with van der Waals surface area (Å²) in [4.78, 5) is 3.97. The Hall–Kier alpha value is -0.750. The van der Waals surface area contributed by atoms with Crippen LogP contribution in [-0.2, 0) is 6.18 Å². The second kappa shape index (κ2) is 3.91. The smallest absolute Gasteiger partial charge is 0.316 e. The molecule has 4 aliphatic rings. The molecule has 0 spiro atoms. The van der Waals surface area contributed by atoms with Crippen molar-refractivity contribution in [2.45, 2.75) is 35.2 Å². The van der Waals surface area contributed by atoms with Gasteiger partial charge in [0.1, 0.15) is 0 Å². The minimum absolute atomic E-state index is 0.266. The van der Waals surface area contributed by atoms with Gasteiger partial charge in [0.15, 0.2) is 0 Å². The first-order valence-corrected chi connectivity index (χ1v) is 7.66. The average molecular weight is 300 g/mol. The topological polar surface area (TPSA) is 24.9 Å². The Kier molecular flexibility index (Phi) is 2.53. The Morgan fingerprint density at radius 1 is 1.20 bits per heavy atom. The molecule has 108 valence electrons. The molecular weight excluding hydrogens is 285 g/mol. The van der Waals surface area contributed by atoms with E-state index in [0.717, 1.165) is 36.3 Å². The van der Waals surface area contributed by atoms with Gasteiger partial charge in [0, 0.05) is 10.9 Å². The minimum Gasteiger partial charge on any atom is -0.316 e. The van der Waals surface area contributed by atoms with Gasteiger partial charge in [0.2, 0.25) is 0 Å². The third-order valence-corrected chi connectivity index (χ3v) is 6.37. The van der Waals surface area contributed by atoms with Crippen LogP contribution in [0, 0.1) is 11.3 Å². The maximum atomic E-state index is 12.5. The zero-order valence-electron chi connectivity index (χ0n) is 10.8. The number of halogens is 3. The number of hydrogen-bond donors (Lipinski definition) is 1. The Bertz CT molecular complexity index is 517. The third kappa shape index (κ3) is 1.80. The molecule has 20 heavy (non-hydrogen) atoms. The quantitative estimate of drug-likeness (QED) is 0.927. The standard InChI is InChI=1S/C14H15F3N2S/c15-14(16,17)9-1-2-11(19-5-9)20-13-6-12(7-13,8-13)10-3-18-4-10/h1-2,5,10,18H,3-4,6-8H2. The van der Waals surface area contributed by atoms with Crippen LogP contribution in [0.4, 0.5) is 13.2 Å². The number of nitrogens with one attached hydrogen (secondary N) is 1. The molecule has 0 aromatic carbocycles. The van der Waals surface area contributed by atoms with Gasteiger partial charge < -0.3 is 5.32 Å². The van der Waals surface area contributed by atoms with E-state index in [0.29, 0.717) is 5.41 Å². The molecule has 4 fully saturated rings. The van der Waals surface area contributed by atoms with E-state index >= 15 is 0 Å². The first kappa shape index (κ1) is 13.0. The van der Waals surface area contributed by atoms with Crippen molar-refractivity contribution in [1.29, 1.82) is 0 Å². The first-order valence-electron chi connectivity index (χ1n) is 6.84. The fourth-order valence-corrected chi connectivity index (χ4v) is 5.63. The van der Waals surface area contributed by atoms with Crippen LogP contribution in [-0.4, -0.2) is 22.8 Å². The van der Waals surface area contributed by atoms with Gasteiger partial charge in [-0.15, -0.1) is 0 Å². The zero-order chi connectivity index (χ0) is 14.0. The second-order valence-electron chi connectivity index (χ2n) is 6.42. The highest BCUT2D eigenvalue weighted by molar-refractivity contribution is 8.00.